The van der Waals surface area contributed by atoms with E-state index in [0.717, 1.165) is 31.4 Å². The molecule has 0 amide bonds. The molecule has 0 spiro atoms. The molecule has 2 rings (SSSR count). The number of benzene rings is 1. The second-order valence-corrected chi connectivity index (χ2v) is 4.31. The zero-order valence-corrected chi connectivity index (χ0v) is 10.2. The van der Waals surface area contributed by atoms with Crippen molar-refractivity contribution < 1.29 is 4.79 Å². The Hall–Kier alpha value is -1.64. The Labute approximate surface area is 102 Å². The lowest BCUT2D eigenvalue weighted by Gasteiger charge is -2.12. The summed E-state index contributed by atoms with van der Waals surface area (Å²) in [6.07, 6.45) is 4.49. The van der Waals surface area contributed by atoms with Gasteiger partial charge < -0.3 is 0 Å². The Kier molecular flexibility index (Phi) is 3.91. The largest absolute Gasteiger partial charge is 0.293 e. The Morgan fingerprint density at radius 1 is 1.24 bits per heavy atom. The maximum Gasteiger partial charge on any atom is 0.178 e. The van der Waals surface area contributed by atoms with E-state index < -0.39 is 0 Å². The summed E-state index contributed by atoms with van der Waals surface area (Å²) in [5.41, 5.74) is 5.95. The highest BCUT2D eigenvalue weighted by atomic mass is 16.1. The Morgan fingerprint density at radius 3 is 2.76 bits per heavy atom. The number of hydrazone groups is 1. The van der Waals surface area contributed by atoms with Gasteiger partial charge in [-0.1, -0.05) is 25.1 Å². The quantitative estimate of drug-likeness (QED) is 0.810. The molecule has 1 aliphatic rings. The molecule has 90 valence electrons. The number of carbonyl (C=O) groups is 1. The van der Waals surface area contributed by atoms with Gasteiger partial charge in [-0.3, -0.25) is 10.2 Å². The fraction of sp³-hybridized carbons (Fsp3) is 0.429. The van der Waals surface area contributed by atoms with Gasteiger partial charge in [0.1, 0.15) is 5.71 Å². The number of hydrogen-bond donors (Lipinski definition) is 1. The Bertz CT molecular complexity index is 438. The highest BCUT2D eigenvalue weighted by molar-refractivity contribution is 6.40. The Balaban J connectivity index is 2.10. The lowest BCUT2D eigenvalue weighted by molar-refractivity contribution is -0.113. The standard InChI is InChI=1S/C14H18N2O/c1-2-11-7-3-4-8-12(11)15-16-13-9-5-6-10-14(13)17/h3-4,7-8,15H,2,5-6,9-10H2,1H3/b16-13-. The summed E-state index contributed by atoms with van der Waals surface area (Å²) < 4.78 is 0. The average Bonchev–Trinajstić information content (AvgIpc) is 2.38. The maximum absolute atomic E-state index is 11.6. The second-order valence-electron chi connectivity index (χ2n) is 4.31. The molecule has 0 saturated heterocycles. The van der Waals surface area contributed by atoms with Crippen molar-refractivity contribution in [2.75, 3.05) is 5.43 Å². The first-order chi connectivity index (χ1) is 8.31. The van der Waals surface area contributed by atoms with Gasteiger partial charge in [-0.05, 0) is 37.3 Å². The van der Waals surface area contributed by atoms with Crippen molar-refractivity contribution in [3.63, 3.8) is 0 Å². The predicted molar refractivity (Wildman–Crippen MR) is 70.4 cm³/mol. The van der Waals surface area contributed by atoms with Crippen molar-refractivity contribution in [3.8, 4) is 0 Å². The van der Waals surface area contributed by atoms with Crippen LogP contribution in [-0.2, 0) is 11.2 Å². The third-order valence-electron chi connectivity index (χ3n) is 3.10. The molecule has 0 heterocycles. The molecule has 0 aromatic heterocycles. The van der Waals surface area contributed by atoms with Crippen molar-refractivity contribution in [3.05, 3.63) is 29.8 Å². The van der Waals surface area contributed by atoms with Gasteiger partial charge in [0.25, 0.3) is 0 Å². The molecule has 0 aliphatic heterocycles. The van der Waals surface area contributed by atoms with Crippen molar-refractivity contribution in [2.45, 2.75) is 39.0 Å². The molecule has 1 N–H and O–H groups in total. The molecule has 3 heteroatoms. The molecule has 1 aliphatic carbocycles. The minimum Gasteiger partial charge on any atom is -0.293 e. The summed E-state index contributed by atoms with van der Waals surface area (Å²) in [5, 5.41) is 4.26. The number of hydrogen-bond acceptors (Lipinski definition) is 3. The molecule has 3 nitrogen and oxygen atoms in total. The SMILES string of the molecule is CCc1ccccc1N/N=C1/CCCCC1=O. The molecular weight excluding hydrogens is 212 g/mol. The molecule has 17 heavy (non-hydrogen) atoms. The van der Waals surface area contributed by atoms with E-state index in [9.17, 15) is 4.79 Å². The first-order valence-corrected chi connectivity index (χ1v) is 6.25. The van der Waals surface area contributed by atoms with Crippen LogP contribution < -0.4 is 5.43 Å². The monoisotopic (exact) mass is 230 g/mol. The molecule has 0 bridgehead atoms. The van der Waals surface area contributed by atoms with Gasteiger partial charge in [0.05, 0.1) is 5.69 Å². The highest BCUT2D eigenvalue weighted by Gasteiger charge is 2.16. The van der Waals surface area contributed by atoms with Gasteiger partial charge in [-0.25, -0.2) is 0 Å². The molecule has 1 aromatic carbocycles. The van der Waals surface area contributed by atoms with Gasteiger partial charge in [-0.15, -0.1) is 0 Å². The zero-order chi connectivity index (χ0) is 12.1. The smallest absolute Gasteiger partial charge is 0.178 e. The van der Waals surface area contributed by atoms with E-state index in [1.54, 1.807) is 0 Å². The van der Waals surface area contributed by atoms with E-state index in [4.69, 9.17) is 0 Å². The van der Waals surface area contributed by atoms with Crippen molar-refractivity contribution >= 4 is 17.2 Å². The summed E-state index contributed by atoms with van der Waals surface area (Å²) in [4.78, 5) is 11.6. The van der Waals surface area contributed by atoms with Gasteiger partial charge in [0.15, 0.2) is 5.78 Å². The number of rotatable bonds is 3. The fourth-order valence-electron chi connectivity index (χ4n) is 2.05. The zero-order valence-electron chi connectivity index (χ0n) is 10.2. The van der Waals surface area contributed by atoms with Gasteiger partial charge in [0, 0.05) is 6.42 Å². The molecule has 0 radical (unpaired) electrons. The molecule has 0 unspecified atom stereocenters. The van der Waals surface area contributed by atoms with Gasteiger partial charge >= 0.3 is 0 Å². The number of nitrogens with one attached hydrogen (secondary N) is 1. The van der Waals surface area contributed by atoms with Crippen LogP contribution >= 0.6 is 0 Å². The molecule has 1 aromatic rings. The minimum absolute atomic E-state index is 0.192. The van der Waals surface area contributed by atoms with Crippen LogP contribution in [0.1, 0.15) is 38.2 Å². The topological polar surface area (TPSA) is 41.5 Å². The summed E-state index contributed by atoms with van der Waals surface area (Å²) >= 11 is 0. The number of carbonyl (C=O) groups excluding carboxylic acids is 1. The predicted octanol–water partition coefficient (Wildman–Crippen LogP) is 3.16. The van der Waals surface area contributed by atoms with Crippen LogP contribution in [0.25, 0.3) is 0 Å². The second kappa shape index (κ2) is 5.62. The van der Waals surface area contributed by atoms with Crippen molar-refractivity contribution in [1.29, 1.82) is 0 Å². The Morgan fingerprint density at radius 2 is 2.00 bits per heavy atom. The third-order valence-corrected chi connectivity index (χ3v) is 3.10. The number of nitrogens with zero attached hydrogens (tertiary/aromatic N) is 1. The van der Waals surface area contributed by atoms with Crippen LogP contribution in [-0.4, -0.2) is 11.5 Å². The van der Waals surface area contributed by atoms with Crippen LogP contribution in [0.2, 0.25) is 0 Å². The number of anilines is 1. The van der Waals surface area contributed by atoms with Crippen molar-refractivity contribution in [2.24, 2.45) is 5.10 Å². The van der Waals surface area contributed by atoms with Gasteiger partial charge in [0.2, 0.25) is 0 Å². The average molecular weight is 230 g/mol. The first kappa shape index (κ1) is 11.8. The number of para-hydroxylation sites is 1. The van der Waals surface area contributed by atoms with E-state index in [1.807, 2.05) is 18.2 Å². The molecule has 1 saturated carbocycles. The van der Waals surface area contributed by atoms with Crippen LogP contribution in [0.5, 0.6) is 0 Å². The van der Waals surface area contributed by atoms with Crippen molar-refractivity contribution in [1.82, 2.24) is 0 Å². The summed E-state index contributed by atoms with van der Waals surface area (Å²) in [7, 11) is 0. The van der Waals surface area contributed by atoms with Gasteiger partial charge in [-0.2, -0.15) is 5.10 Å². The van der Waals surface area contributed by atoms with Crippen LogP contribution in [0, 0.1) is 0 Å². The van der Waals surface area contributed by atoms with E-state index in [1.165, 1.54) is 5.56 Å². The lowest BCUT2D eigenvalue weighted by Crippen LogP contribution is -2.19. The van der Waals surface area contributed by atoms with E-state index >= 15 is 0 Å². The van der Waals surface area contributed by atoms with E-state index in [2.05, 4.69) is 23.5 Å². The summed E-state index contributed by atoms with van der Waals surface area (Å²) in [6.45, 7) is 2.11. The number of Topliss-reactive ketones (excluding diaryl/α,β-unsaturated/α-hetero) is 1. The molecule has 0 atom stereocenters. The minimum atomic E-state index is 0.192. The number of aryl methyl sites for hydroxylation is 1. The lowest BCUT2D eigenvalue weighted by atomic mass is 9.97. The third kappa shape index (κ3) is 2.93. The normalized spacial score (nSPS) is 18.4. The van der Waals surface area contributed by atoms with E-state index in [0.29, 0.717) is 12.1 Å². The van der Waals surface area contributed by atoms with Crippen LogP contribution in [0.4, 0.5) is 5.69 Å². The molecule has 1 fully saturated rings. The van der Waals surface area contributed by atoms with Crippen LogP contribution in [0.15, 0.2) is 29.4 Å². The summed E-state index contributed by atoms with van der Waals surface area (Å²) in [6, 6.07) is 8.06. The molecular formula is C14H18N2O. The number of ketones is 1. The maximum atomic E-state index is 11.6. The van der Waals surface area contributed by atoms with Crippen LogP contribution in [0.3, 0.4) is 0 Å². The first-order valence-electron chi connectivity index (χ1n) is 6.25. The fourth-order valence-corrected chi connectivity index (χ4v) is 2.05. The van der Waals surface area contributed by atoms with E-state index in [-0.39, 0.29) is 5.78 Å². The highest BCUT2D eigenvalue weighted by Crippen LogP contribution is 2.17. The summed E-state index contributed by atoms with van der Waals surface area (Å²) in [5.74, 6) is 0.192.